The third kappa shape index (κ3) is 3.85. The summed E-state index contributed by atoms with van der Waals surface area (Å²) in [6.45, 7) is 2.11. The van der Waals surface area contributed by atoms with Crippen LogP contribution in [-0.4, -0.2) is 33.7 Å². The van der Waals surface area contributed by atoms with Gasteiger partial charge in [0.1, 0.15) is 6.04 Å². The molecule has 1 aliphatic heterocycles. The molecule has 5 rings (SSSR count). The molecule has 33 heavy (non-hydrogen) atoms. The van der Waals surface area contributed by atoms with Gasteiger partial charge in [0.05, 0.1) is 23.6 Å². The SMILES string of the molecule is Cc1ccc([C@@H]2[C@H](c3ccccn3)NC(=S)N2c2ccc(N(C)C)cc2)n1-c1cccnc1. The first kappa shape index (κ1) is 21.2. The fourth-order valence-electron chi connectivity index (χ4n) is 4.47. The Labute approximate surface area is 199 Å². The van der Waals surface area contributed by atoms with Gasteiger partial charge in [-0.15, -0.1) is 0 Å². The molecule has 1 saturated heterocycles. The second kappa shape index (κ2) is 8.67. The van der Waals surface area contributed by atoms with Crippen molar-refractivity contribution in [1.29, 1.82) is 0 Å². The van der Waals surface area contributed by atoms with Crippen molar-refractivity contribution in [2.24, 2.45) is 0 Å². The minimum atomic E-state index is -0.100. The summed E-state index contributed by atoms with van der Waals surface area (Å²) in [5, 5.41) is 4.23. The molecular weight excluding hydrogens is 428 g/mol. The zero-order valence-corrected chi connectivity index (χ0v) is 19.7. The van der Waals surface area contributed by atoms with Gasteiger partial charge in [-0.05, 0) is 79.8 Å². The molecule has 2 atom stereocenters. The lowest BCUT2D eigenvalue weighted by Crippen LogP contribution is -2.30. The standard InChI is InChI=1S/C26H26N6S/c1-18-9-14-23(31(18)21-7-6-15-27-17-21)25-24(22-8-4-5-16-28-22)29-26(33)32(25)20-12-10-19(11-13-20)30(2)3/h4-17,24-25H,1-3H3,(H,29,33)/t24-,25+/m0/s1. The molecular formula is C26H26N6S. The van der Waals surface area contributed by atoms with Crippen molar-refractivity contribution in [1.82, 2.24) is 19.9 Å². The van der Waals surface area contributed by atoms with Crippen molar-refractivity contribution in [2.75, 3.05) is 23.9 Å². The predicted molar refractivity (Wildman–Crippen MR) is 137 cm³/mol. The van der Waals surface area contributed by atoms with Crippen molar-refractivity contribution in [3.63, 3.8) is 0 Å². The highest BCUT2D eigenvalue weighted by atomic mass is 32.1. The maximum atomic E-state index is 5.88. The Morgan fingerprint density at radius 1 is 0.909 bits per heavy atom. The van der Waals surface area contributed by atoms with Crippen molar-refractivity contribution in [3.8, 4) is 5.69 Å². The summed E-state index contributed by atoms with van der Waals surface area (Å²) in [6.07, 6.45) is 5.52. The van der Waals surface area contributed by atoms with Crippen LogP contribution in [0.1, 0.15) is 29.2 Å². The fourth-order valence-corrected chi connectivity index (χ4v) is 4.82. The first-order valence-electron chi connectivity index (χ1n) is 10.9. The minimum absolute atomic E-state index is 0.0912. The van der Waals surface area contributed by atoms with Crippen molar-refractivity contribution >= 4 is 28.7 Å². The van der Waals surface area contributed by atoms with Gasteiger partial charge >= 0.3 is 0 Å². The average Bonchev–Trinajstić information content (AvgIpc) is 3.39. The van der Waals surface area contributed by atoms with Gasteiger partial charge in [-0.25, -0.2) is 0 Å². The monoisotopic (exact) mass is 454 g/mol. The molecule has 0 bridgehead atoms. The highest BCUT2D eigenvalue weighted by molar-refractivity contribution is 7.80. The van der Waals surface area contributed by atoms with Gasteiger partial charge in [-0.3, -0.25) is 9.97 Å². The second-order valence-corrected chi connectivity index (χ2v) is 8.74. The van der Waals surface area contributed by atoms with Crippen LogP contribution in [0.3, 0.4) is 0 Å². The van der Waals surface area contributed by atoms with Crippen molar-refractivity contribution < 1.29 is 0 Å². The Morgan fingerprint density at radius 3 is 2.39 bits per heavy atom. The van der Waals surface area contributed by atoms with E-state index in [1.807, 2.05) is 44.7 Å². The van der Waals surface area contributed by atoms with E-state index in [0.717, 1.165) is 34.1 Å². The molecule has 1 aromatic carbocycles. The third-order valence-electron chi connectivity index (χ3n) is 6.06. The zero-order chi connectivity index (χ0) is 22.9. The van der Waals surface area contributed by atoms with E-state index < -0.39 is 0 Å². The van der Waals surface area contributed by atoms with E-state index in [-0.39, 0.29) is 12.1 Å². The highest BCUT2D eigenvalue weighted by Gasteiger charge is 2.42. The number of pyridine rings is 2. The van der Waals surface area contributed by atoms with E-state index in [9.17, 15) is 0 Å². The lowest BCUT2D eigenvalue weighted by molar-refractivity contribution is 0.548. The van der Waals surface area contributed by atoms with Crippen LogP contribution in [0.15, 0.2) is 85.3 Å². The van der Waals surface area contributed by atoms with Gasteiger partial charge in [0, 0.05) is 49.3 Å². The van der Waals surface area contributed by atoms with Crippen LogP contribution in [0, 0.1) is 6.92 Å². The Bertz CT molecular complexity index is 1250. The Kier molecular flexibility index (Phi) is 5.56. The molecule has 7 heteroatoms. The molecule has 0 unspecified atom stereocenters. The van der Waals surface area contributed by atoms with E-state index in [1.165, 1.54) is 0 Å². The summed E-state index contributed by atoms with van der Waals surface area (Å²) in [4.78, 5) is 13.3. The zero-order valence-electron chi connectivity index (χ0n) is 18.9. The number of hydrogen-bond acceptors (Lipinski definition) is 4. The molecule has 3 aromatic heterocycles. The second-order valence-electron chi connectivity index (χ2n) is 8.35. The van der Waals surface area contributed by atoms with Crippen LogP contribution in [0.4, 0.5) is 11.4 Å². The van der Waals surface area contributed by atoms with Gasteiger partial charge in [0.15, 0.2) is 5.11 Å². The lowest BCUT2D eigenvalue weighted by atomic mass is 10.0. The van der Waals surface area contributed by atoms with Crippen LogP contribution in [-0.2, 0) is 0 Å². The molecule has 4 aromatic rings. The van der Waals surface area contributed by atoms with E-state index in [1.54, 1.807) is 6.20 Å². The van der Waals surface area contributed by atoms with Crippen molar-refractivity contribution in [2.45, 2.75) is 19.0 Å². The summed E-state index contributed by atoms with van der Waals surface area (Å²) < 4.78 is 2.25. The highest BCUT2D eigenvalue weighted by Crippen LogP contribution is 2.42. The number of nitrogens with one attached hydrogen (secondary N) is 1. The average molecular weight is 455 g/mol. The smallest absolute Gasteiger partial charge is 0.174 e. The van der Waals surface area contributed by atoms with Gasteiger partial charge in [-0.1, -0.05) is 6.07 Å². The fraction of sp³-hybridized carbons (Fsp3) is 0.192. The molecule has 4 heterocycles. The summed E-state index contributed by atoms with van der Waals surface area (Å²) in [5.41, 5.74) is 6.42. The predicted octanol–water partition coefficient (Wildman–Crippen LogP) is 4.82. The molecule has 1 fully saturated rings. The van der Waals surface area contributed by atoms with Gasteiger partial charge in [0.2, 0.25) is 0 Å². The molecule has 0 spiro atoms. The minimum Gasteiger partial charge on any atom is -0.378 e. The Balaban J connectivity index is 1.67. The molecule has 1 aliphatic rings. The number of rotatable bonds is 5. The largest absolute Gasteiger partial charge is 0.378 e. The van der Waals surface area contributed by atoms with Gasteiger partial charge in [0.25, 0.3) is 0 Å². The number of hydrogen-bond donors (Lipinski definition) is 1. The maximum Gasteiger partial charge on any atom is 0.174 e. The molecule has 0 amide bonds. The van der Waals surface area contributed by atoms with Crippen LogP contribution in [0.2, 0.25) is 0 Å². The molecule has 1 N–H and O–H groups in total. The van der Waals surface area contributed by atoms with E-state index >= 15 is 0 Å². The summed E-state index contributed by atoms with van der Waals surface area (Å²) in [6, 6.07) is 22.7. The number of thiocarbonyl (C=S) groups is 1. The molecule has 6 nitrogen and oxygen atoms in total. The number of aryl methyl sites for hydroxylation is 1. The molecule has 166 valence electrons. The summed E-state index contributed by atoms with van der Waals surface area (Å²) >= 11 is 5.88. The summed E-state index contributed by atoms with van der Waals surface area (Å²) in [7, 11) is 4.08. The number of aromatic nitrogens is 3. The third-order valence-corrected chi connectivity index (χ3v) is 6.37. The molecule has 0 radical (unpaired) electrons. The van der Waals surface area contributed by atoms with E-state index in [2.05, 4.69) is 85.1 Å². The normalized spacial score (nSPS) is 17.8. The van der Waals surface area contributed by atoms with Crippen LogP contribution >= 0.6 is 12.2 Å². The number of nitrogens with zero attached hydrogens (tertiary/aromatic N) is 5. The van der Waals surface area contributed by atoms with Gasteiger partial charge in [-0.2, -0.15) is 0 Å². The van der Waals surface area contributed by atoms with E-state index in [4.69, 9.17) is 12.2 Å². The van der Waals surface area contributed by atoms with E-state index in [0.29, 0.717) is 5.11 Å². The summed E-state index contributed by atoms with van der Waals surface area (Å²) in [5.74, 6) is 0. The van der Waals surface area contributed by atoms with Crippen LogP contribution in [0.25, 0.3) is 5.69 Å². The number of anilines is 2. The molecule has 0 aliphatic carbocycles. The first-order valence-corrected chi connectivity index (χ1v) is 11.3. The quantitative estimate of drug-likeness (QED) is 0.437. The Hall–Kier alpha value is -3.71. The van der Waals surface area contributed by atoms with Crippen molar-refractivity contribution in [3.05, 3.63) is 102 Å². The lowest BCUT2D eigenvalue weighted by Gasteiger charge is -2.29. The van der Waals surface area contributed by atoms with Gasteiger partial charge < -0.3 is 19.7 Å². The first-order chi connectivity index (χ1) is 16.0. The van der Waals surface area contributed by atoms with Crippen LogP contribution in [0.5, 0.6) is 0 Å². The molecule has 0 saturated carbocycles. The number of benzene rings is 1. The maximum absolute atomic E-state index is 5.88. The van der Waals surface area contributed by atoms with Crippen LogP contribution < -0.4 is 15.1 Å². The Morgan fingerprint density at radius 2 is 1.73 bits per heavy atom. The topological polar surface area (TPSA) is 49.2 Å².